The molecule has 2 aromatic rings. The van der Waals surface area contributed by atoms with E-state index in [9.17, 15) is 19.5 Å². The zero-order valence-corrected chi connectivity index (χ0v) is 23.4. The van der Waals surface area contributed by atoms with Gasteiger partial charge in [0.15, 0.2) is 0 Å². The molecule has 0 unspecified atom stereocenters. The molecule has 2 aliphatic rings. The van der Waals surface area contributed by atoms with Gasteiger partial charge in [-0.1, -0.05) is 0 Å². The zero-order chi connectivity index (χ0) is 26.5. The van der Waals surface area contributed by atoms with Gasteiger partial charge in [-0.05, 0) is 74.5 Å². The Morgan fingerprint density at radius 3 is 2.16 bits per heavy atom. The van der Waals surface area contributed by atoms with Crippen LogP contribution in [0.1, 0.15) is 18.4 Å². The highest BCUT2D eigenvalue weighted by molar-refractivity contribution is 9.11. The van der Waals surface area contributed by atoms with Crippen LogP contribution < -0.4 is 16.0 Å². The number of carbonyl (C=O) groups is 3. The van der Waals surface area contributed by atoms with Crippen LogP contribution >= 0.6 is 31.9 Å². The van der Waals surface area contributed by atoms with Crippen LogP contribution in [0.3, 0.4) is 0 Å². The molecule has 0 saturated carbocycles. The maximum atomic E-state index is 13.7. The van der Waals surface area contributed by atoms with E-state index >= 15 is 0 Å². The number of aromatic hydroxyl groups is 1. The fourth-order valence-corrected chi connectivity index (χ4v) is 6.02. The number of nitrogens with one attached hydrogen (secondary N) is 1. The largest absolute Gasteiger partial charge is 0.506 e. The first-order valence-electron chi connectivity index (χ1n) is 12.2. The van der Waals surface area contributed by atoms with Crippen LogP contribution in [0.5, 0.6) is 5.75 Å². The van der Waals surface area contributed by atoms with Gasteiger partial charge in [-0.15, -0.1) is 0 Å². The fraction of sp³-hybridized carbons (Fsp3) is 0.440. The number of anilines is 1. The number of amides is 4. The summed E-state index contributed by atoms with van der Waals surface area (Å²) in [6.45, 7) is 3.21. The topological polar surface area (TPSA) is 132 Å². The molecule has 1 aromatic heterocycles. The van der Waals surface area contributed by atoms with E-state index in [1.54, 1.807) is 34.3 Å². The molecule has 12 heteroatoms. The number of nitrogens with two attached hydrogens (primary N) is 1. The van der Waals surface area contributed by atoms with E-state index in [1.807, 2.05) is 12.1 Å². The number of carbonyl (C=O) groups excluding carboxylic acids is 3. The molecule has 4 rings (SSSR count). The van der Waals surface area contributed by atoms with E-state index in [4.69, 9.17) is 5.73 Å². The highest BCUT2D eigenvalue weighted by Crippen LogP contribution is 2.33. The average Bonchev–Trinajstić information content (AvgIpc) is 2.91. The van der Waals surface area contributed by atoms with Crippen LogP contribution in [0.2, 0.25) is 0 Å². The Balaban J connectivity index is 1.46. The van der Waals surface area contributed by atoms with Crippen LogP contribution in [0, 0.1) is 5.92 Å². The molecule has 0 aliphatic carbocycles. The number of hydrogen-bond donors (Lipinski definition) is 3. The van der Waals surface area contributed by atoms with Crippen molar-refractivity contribution in [2.45, 2.75) is 25.3 Å². The number of hydrogen-bond acceptors (Lipinski definition) is 6. The summed E-state index contributed by atoms with van der Waals surface area (Å²) in [5.74, 6) is -0.664. The van der Waals surface area contributed by atoms with Gasteiger partial charge in [0.2, 0.25) is 11.8 Å². The maximum Gasteiger partial charge on any atom is 0.318 e. The van der Waals surface area contributed by atoms with Gasteiger partial charge in [-0.3, -0.25) is 14.6 Å². The summed E-state index contributed by atoms with van der Waals surface area (Å²) < 4.78 is 0.989. The van der Waals surface area contributed by atoms with E-state index in [0.717, 1.165) is 11.3 Å². The molecule has 0 spiro atoms. The number of aromatic nitrogens is 1. The summed E-state index contributed by atoms with van der Waals surface area (Å²) in [5.41, 5.74) is 7.26. The second-order valence-corrected chi connectivity index (χ2v) is 11.0. The molecular weight excluding hydrogens is 608 g/mol. The molecule has 2 aliphatic heterocycles. The Kier molecular flexibility index (Phi) is 8.91. The zero-order valence-electron chi connectivity index (χ0n) is 20.3. The summed E-state index contributed by atoms with van der Waals surface area (Å²) >= 11 is 6.68. The van der Waals surface area contributed by atoms with E-state index < -0.39 is 6.04 Å². The molecule has 0 bridgehead atoms. The van der Waals surface area contributed by atoms with Crippen LogP contribution in [0.4, 0.5) is 10.5 Å². The summed E-state index contributed by atoms with van der Waals surface area (Å²) in [6, 6.07) is 6.24. The van der Waals surface area contributed by atoms with Crippen molar-refractivity contribution in [2.75, 3.05) is 44.2 Å². The predicted octanol–water partition coefficient (Wildman–Crippen LogP) is 2.48. The number of rotatable bonds is 6. The van der Waals surface area contributed by atoms with E-state index in [2.05, 4.69) is 47.1 Å². The first-order chi connectivity index (χ1) is 17.7. The van der Waals surface area contributed by atoms with Crippen LogP contribution in [0.25, 0.3) is 0 Å². The molecule has 2 saturated heterocycles. The molecule has 4 amide bonds. The second kappa shape index (κ2) is 12.1. The average molecular weight is 638 g/mol. The summed E-state index contributed by atoms with van der Waals surface area (Å²) in [6.07, 6.45) is 4.77. The highest BCUT2D eigenvalue weighted by Gasteiger charge is 2.32. The number of pyridine rings is 1. The van der Waals surface area contributed by atoms with Crippen molar-refractivity contribution in [3.05, 3.63) is 51.2 Å². The highest BCUT2D eigenvalue weighted by atomic mass is 79.9. The lowest BCUT2D eigenvalue weighted by Crippen LogP contribution is -2.57. The van der Waals surface area contributed by atoms with Gasteiger partial charge in [0.05, 0.1) is 8.95 Å². The minimum absolute atomic E-state index is 0.0696. The minimum atomic E-state index is -0.794. The van der Waals surface area contributed by atoms with Crippen LogP contribution in [-0.4, -0.2) is 83.0 Å². The number of likely N-dealkylation sites (tertiary alicyclic amines) is 1. The first-order valence-corrected chi connectivity index (χ1v) is 13.8. The van der Waals surface area contributed by atoms with Gasteiger partial charge in [0.1, 0.15) is 11.8 Å². The molecule has 198 valence electrons. The normalized spacial score (nSPS) is 17.4. The van der Waals surface area contributed by atoms with Crippen molar-refractivity contribution in [1.82, 2.24) is 20.1 Å². The summed E-state index contributed by atoms with van der Waals surface area (Å²) in [7, 11) is 0. The third-order valence-corrected chi connectivity index (χ3v) is 8.13. The number of phenols is 1. The molecule has 4 N–H and O–H groups in total. The lowest BCUT2D eigenvalue weighted by molar-refractivity contribution is -0.133. The Hall–Kier alpha value is -2.86. The molecule has 3 heterocycles. The Morgan fingerprint density at radius 1 is 1.00 bits per heavy atom. The van der Waals surface area contributed by atoms with Crippen molar-refractivity contribution in [3.8, 4) is 5.75 Å². The third kappa shape index (κ3) is 6.72. The SMILES string of the molecule is NC(=O)C1CCN(C(=O)N[C@@H](Cc2cc(Br)c(O)c(Br)c2)C(=O)N2CCN(c3ccncc3)CC2)CC1. The number of halogens is 2. The predicted molar refractivity (Wildman–Crippen MR) is 146 cm³/mol. The minimum Gasteiger partial charge on any atom is -0.506 e. The number of primary amides is 1. The maximum absolute atomic E-state index is 13.7. The summed E-state index contributed by atoms with van der Waals surface area (Å²) in [4.78, 5) is 48.0. The van der Waals surface area contributed by atoms with Gasteiger partial charge in [-0.2, -0.15) is 0 Å². The molecule has 37 heavy (non-hydrogen) atoms. The fourth-order valence-electron chi connectivity index (χ4n) is 4.74. The Bertz CT molecular complexity index is 1110. The van der Waals surface area contributed by atoms with E-state index in [1.165, 1.54) is 0 Å². The first kappa shape index (κ1) is 27.2. The lowest BCUT2D eigenvalue weighted by Gasteiger charge is -2.38. The molecule has 1 atom stereocenters. The second-order valence-electron chi connectivity index (χ2n) is 9.30. The van der Waals surface area contributed by atoms with Crippen molar-refractivity contribution < 1.29 is 19.5 Å². The molecular formula is C25H30Br2N6O4. The number of benzene rings is 1. The molecule has 1 aromatic carbocycles. The number of phenolic OH excluding ortho intramolecular Hbond substituents is 1. The lowest BCUT2D eigenvalue weighted by atomic mass is 9.96. The van der Waals surface area contributed by atoms with Crippen molar-refractivity contribution in [2.24, 2.45) is 11.7 Å². The van der Waals surface area contributed by atoms with Gasteiger partial charge in [0, 0.05) is 69.7 Å². The van der Waals surface area contributed by atoms with Crippen LogP contribution in [-0.2, 0) is 16.0 Å². The van der Waals surface area contributed by atoms with Crippen molar-refractivity contribution in [1.29, 1.82) is 0 Å². The van der Waals surface area contributed by atoms with Gasteiger partial charge >= 0.3 is 6.03 Å². The molecule has 10 nitrogen and oxygen atoms in total. The third-order valence-electron chi connectivity index (χ3n) is 6.92. The molecule has 2 fully saturated rings. The van der Waals surface area contributed by atoms with Gasteiger partial charge < -0.3 is 30.9 Å². The standard InChI is InChI=1S/C25H30Br2N6O4/c26-19-13-16(14-20(27)22(19)34)15-21(30-25(37)33-7-3-17(4-8-33)23(28)35)24(36)32-11-9-31(10-12-32)18-1-5-29-6-2-18/h1-2,5-6,13-14,17,21,34H,3-4,7-12,15H2,(H2,28,35)(H,30,37)/t21-/m0/s1. The Labute approximate surface area is 232 Å². The van der Waals surface area contributed by atoms with Crippen molar-refractivity contribution >= 4 is 55.4 Å². The number of urea groups is 1. The monoisotopic (exact) mass is 636 g/mol. The quantitative estimate of drug-likeness (QED) is 0.446. The van der Waals surface area contributed by atoms with Crippen molar-refractivity contribution in [3.63, 3.8) is 0 Å². The number of nitrogens with zero attached hydrogens (tertiary/aromatic N) is 4. The number of piperazine rings is 1. The van der Waals surface area contributed by atoms with E-state index in [-0.39, 0.29) is 35.9 Å². The smallest absolute Gasteiger partial charge is 0.318 e. The Morgan fingerprint density at radius 2 is 1.59 bits per heavy atom. The van der Waals surface area contributed by atoms with E-state index in [0.29, 0.717) is 61.1 Å². The number of piperidine rings is 1. The van der Waals surface area contributed by atoms with Crippen LogP contribution in [0.15, 0.2) is 45.6 Å². The van der Waals surface area contributed by atoms with Gasteiger partial charge in [0.25, 0.3) is 0 Å². The summed E-state index contributed by atoms with van der Waals surface area (Å²) in [5, 5.41) is 13.0. The van der Waals surface area contributed by atoms with Gasteiger partial charge in [-0.25, -0.2) is 4.79 Å². The molecule has 0 radical (unpaired) electrons.